The highest BCUT2D eigenvalue weighted by molar-refractivity contribution is 5.48. The summed E-state index contributed by atoms with van der Waals surface area (Å²) in [4.78, 5) is 0. The molecule has 0 bridgehead atoms. The van der Waals surface area contributed by atoms with Crippen LogP contribution in [0.5, 0.6) is 5.75 Å². The molecule has 21 heavy (non-hydrogen) atoms. The molecule has 0 aromatic heterocycles. The summed E-state index contributed by atoms with van der Waals surface area (Å²) in [5.41, 5.74) is 1.35. The average Bonchev–Trinajstić information content (AvgIpc) is 2.39. The van der Waals surface area contributed by atoms with Crippen LogP contribution in [-0.2, 0) is 0 Å². The van der Waals surface area contributed by atoms with E-state index in [9.17, 15) is 17.6 Å². The van der Waals surface area contributed by atoms with E-state index in [1.165, 1.54) is 36.4 Å². The molecular formula is C15H13F4NO. The van der Waals surface area contributed by atoms with Gasteiger partial charge in [0.05, 0.1) is 0 Å². The third-order valence-electron chi connectivity index (χ3n) is 2.82. The third kappa shape index (κ3) is 4.66. The molecule has 0 aliphatic carbocycles. The Kier molecular flexibility index (Phi) is 4.35. The van der Waals surface area contributed by atoms with E-state index in [2.05, 4.69) is 10.1 Å². The highest BCUT2D eigenvalue weighted by atomic mass is 19.4. The normalized spacial score (nSPS) is 12.8. The van der Waals surface area contributed by atoms with E-state index in [0.29, 0.717) is 5.69 Å². The van der Waals surface area contributed by atoms with Crippen LogP contribution in [-0.4, -0.2) is 6.36 Å². The van der Waals surface area contributed by atoms with Crippen LogP contribution in [0.3, 0.4) is 0 Å². The Balaban J connectivity index is 2.03. The first-order chi connectivity index (χ1) is 9.83. The fraction of sp³-hybridized carbons (Fsp3) is 0.200. The minimum atomic E-state index is -4.70. The Labute approximate surface area is 119 Å². The second kappa shape index (κ2) is 6.03. The van der Waals surface area contributed by atoms with Crippen molar-refractivity contribution in [2.75, 3.05) is 5.32 Å². The summed E-state index contributed by atoms with van der Waals surface area (Å²) in [5, 5.41) is 3.07. The van der Waals surface area contributed by atoms with Gasteiger partial charge in [0.25, 0.3) is 0 Å². The van der Waals surface area contributed by atoms with Crippen LogP contribution in [0.15, 0.2) is 48.5 Å². The standard InChI is InChI=1S/C15H13F4NO/c1-10(11-3-2-4-12(16)9-11)20-13-5-7-14(8-6-13)21-15(17,18)19/h2-10,20H,1H3. The number of ether oxygens (including phenoxy) is 1. The maximum atomic E-state index is 13.1. The van der Waals surface area contributed by atoms with Crippen LogP contribution >= 0.6 is 0 Å². The lowest BCUT2D eigenvalue weighted by Gasteiger charge is -2.16. The lowest BCUT2D eigenvalue weighted by Crippen LogP contribution is -2.17. The van der Waals surface area contributed by atoms with Crippen molar-refractivity contribution in [3.05, 3.63) is 59.9 Å². The van der Waals surface area contributed by atoms with Gasteiger partial charge in [0.2, 0.25) is 0 Å². The van der Waals surface area contributed by atoms with Gasteiger partial charge in [-0.05, 0) is 48.9 Å². The third-order valence-corrected chi connectivity index (χ3v) is 2.82. The van der Waals surface area contributed by atoms with Crippen LogP contribution in [0.2, 0.25) is 0 Å². The molecule has 0 heterocycles. The maximum Gasteiger partial charge on any atom is 0.573 e. The first-order valence-corrected chi connectivity index (χ1v) is 6.21. The van der Waals surface area contributed by atoms with Crippen molar-refractivity contribution in [3.8, 4) is 5.75 Å². The lowest BCUT2D eigenvalue weighted by atomic mass is 10.1. The van der Waals surface area contributed by atoms with Crippen LogP contribution in [0, 0.1) is 5.82 Å². The molecule has 2 nitrogen and oxygen atoms in total. The highest BCUT2D eigenvalue weighted by Gasteiger charge is 2.30. The molecule has 1 N–H and O–H groups in total. The lowest BCUT2D eigenvalue weighted by molar-refractivity contribution is -0.274. The minimum Gasteiger partial charge on any atom is -0.406 e. The van der Waals surface area contributed by atoms with Crippen molar-refractivity contribution >= 4 is 5.69 Å². The van der Waals surface area contributed by atoms with Gasteiger partial charge in [-0.3, -0.25) is 0 Å². The number of anilines is 1. The molecular weight excluding hydrogens is 286 g/mol. The van der Waals surface area contributed by atoms with Gasteiger partial charge >= 0.3 is 6.36 Å². The van der Waals surface area contributed by atoms with Crippen LogP contribution in [0.1, 0.15) is 18.5 Å². The van der Waals surface area contributed by atoms with Crippen LogP contribution in [0.25, 0.3) is 0 Å². The van der Waals surface area contributed by atoms with Gasteiger partial charge < -0.3 is 10.1 Å². The topological polar surface area (TPSA) is 21.3 Å². The SMILES string of the molecule is CC(Nc1ccc(OC(F)(F)F)cc1)c1cccc(F)c1. The molecule has 0 fully saturated rings. The van der Waals surface area contributed by atoms with Gasteiger partial charge in [-0.25, -0.2) is 4.39 Å². The number of hydrogen-bond acceptors (Lipinski definition) is 2. The smallest absolute Gasteiger partial charge is 0.406 e. The van der Waals surface area contributed by atoms with Gasteiger partial charge in [-0.1, -0.05) is 12.1 Å². The molecule has 0 aliphatic heterocycles. The van der Waals surface area contributed by atoms with Crippen molar-refractivity contribution < 1.29 is 22.3 Å². The molecule has 2 aromatic rings. The summed E-state index contributed by atoms with van der Waals surface area (Å²) in [6.07, 6.45) is -4.70. The van der Waals surface area contributed by atoms with E-state index >= 15 is 0 Å². The Morgan fingerprint density at radius 3 is 2.29 bits per heavy atom. The molecule has 2 aromatic carbocycles. The molecule has 0 aliphatic rings. The number of nitrogens with one attached hydrogen (secondary N) is 1. The molecule has 1 atom stereocenters. The predicted octanol–water partition coefficient (Wildman–Crippen LogP) is 4.90. The van der Waals surface area contributed by atoms with Crippen LogP contribution < -0.4 is 10.1 Å². The van der Waals surface area contributed by atoms with Crippen molar-refractivity contribution in [1.82, 2.24) is 0 Å². The van der Waals surface area contributed by atoms with Crippen molar-refractivity contribution in [2.45, 2.75) is 19.3 Å². The zero-order valence-electron chi connectivity index (χ0n) is 11.1. The monoisotopic (exact) mass is 299 g/mol. The molecule has 112 valence electrons. The van der Waals surface area contributed by atoms with Crippen molar-refractivity contribution in [2.24, 2.45) is 0 Å². The Morgan fingerprint density at radius 2 is 1.71 bits per heavy atom. The molecule has 0 saturated heterocycles. The van der Waals surface area contributed by atoms with Gasteiger partial charge in [0, 0.05) is 11.7 Å². The average molecular weight is 299 g/mol. The summed E-state index contributed by atoms with van der Waals surface area (Å²) in [6.45, 7) is 1.83. The number of rotatable bonds is 4. The summed E-state index contributed by atoms with van der Waals surface area (Å²) in [6, 6.07) is 11.3. The van der Waals surface area contributed by atoms with Crippen LogP contribution in [0.4, 0.5) is 23.2 Å². The van der Waals surface area contributed by atoms with Gasteiger partial charge in [0.1, 0.15) is 11.6 Å². The van der Waals surface area contributed by atoms with E-state index in [1.54, 1.807) is 12.1 Å². The quantitative estimate of drug-likeness (QED) is 0.811. The van der Waals surface area contributed by atoms with E-state index < -0.39 is 6.36 Å². The van der Waals surface area contributed by atoms with E-state index in [4.69, 9.17) is 0 Å². The van der Waals surface area contributed by atoms with Crippen molar-refractivity contribution in [1.29, 1.82) is 0 Å². The summed E-state index contributed by atoms with van der Waals surface area (Å²) >= 11 is 0. The van der Waals surface area contributed by atoms with E-state index in [1.807, 2.05) is 6.92 Å². The summed E-state index contributed by atoms with van der Waals surface area (Å²) < 4.78 is 53.0. The molecule has 2 rings (SSSR count). The summed E-state index contributed by atoms with van der Waals surface area (Å²) in [5.74, 6) is -0.624. The largest absolute Gasteiger partial charge is 0.573 e. The molecule has 0 radical (unpaired) electrons. The Hall–Kier alpha value is -2.24. The molecule has 0 spiro atoms. The molecule has 1 unspecified atom stereocenters. The number of alkyl halides is 3. The minimum absolute atomic E-state index is 0.185. The number of hydrogen-bond donors (Lipinski definition) is 1. The maximum absolute atomic E-state index is 13.1. The Morgan fingerprint density at radius 1 is 1.05 bits per heavy atom. The predicted molar refractivity (Wildman–Crippen MR) is 71.6 cm³/mol. The molecule has 6 heteroatoms. The first kappa shape index (κ1) is 15.2. The van der Waals surface area contributed by atoms with Gasteiger partial charge in [-0.15, -0.1) is 13.2 Å². The second-order valence-electron chi connectivity index (χ2n) is 4.49. The van der Waals surface area contributed by atoms with E-state index in [0.717, 1.165) is 5.56 Å². The van der Waals surface area contributed by atoms with Gasteiger partial charge in [-0.2, -0.15) is 0 Å². The fourth-order valence-corrected chi connectivity index (χ4v) is 1.86. The zero-order chi connectivity index (χ0) is 15.5. The highest BCUT2D eigenvalue weighted by Crippen LogP contribution is 2.25. The number of halogens is 4. The van der Waals surface area contributed by atoms with E-state index in [-0.39, 0.29) is 17.6 Å². The zero-order valence-corrected chi connectivity index (χ0v) is 11.1. The fourth-order valence-electron chi connectivity index (χ4n) is 1.86. The molecule has 0 amide bonds. The second-order valence-corrected chi connectivity index (χ2v) is 4.49. The summed E-state index contributed by atoms with van der Waals surface area (Å²) in [7, 11) is 0. The number of benzene rings is 2. The Bertz CT molecular complexity index is 595. The molecule has 0 saturated carbocycles. The van der Waals surface area contributed by atoms with Crippen molar-refractivity contribution in [3.63, 3.8) is 0 Å². The first-order valence-electron chi connectivity index (χ1n) is 6.21. The van der Waals surface area contributed by atoms with Gasteiger partial charge in [0.15, 0.2) is 0 Å².